The zero-order chi connectivity index (χ0) is 16.2. The SMILES string of the molecule is CC.Cc1nc(-c2ccc(C(C)(C)C)cc2)c(C(=O)O)s1. The Morgan fingerprint density at radius 2 is 1.67 bits per heavy atom. The van der Waals surface area contributed by atoms with Crippen molar-refractivity contribution >= 4 is 17.3 Å². The molecule has 1 N–H and O–H groups in total. The molecular weight excluding hydrogens is 282 g/mol. The average molecular weight is 305 g/mol. The number of hydrogen-bond acceptors (Lipinski definition) is 3. The van der Waals surface area contributed by atoms with E-state index in [1.165, 1.54) is 16.9 Å². The van der Waals surface area contributed by atoms with E-state index in [1.54, 1.807) is 0 Å². The second-order valence-electron chi connectivity index (χ2n) is 5.54. The molecule has 2 aromatic rings. The molecule has 1 aromatic carbocycles. The van der Waals surface area contributed by atoms with Gasteiger partial charge in [0.05, 0.1) is 10.7 Å². The first kappa shape index (κ1) is 17.4. The maximum absolute atomic E-state index is 11.2. The van der Waals surface area contributed by atoms with Crippen LogP contribution in [0.1, 0.15) is 54.9 Å². The van der Waals surface area contributed by atoms with Crippen molar-refractivity contribution in [3.63, 3.8) is 0 Å². The maximum Gasteiger partial charge on any atom is 0.348 e. The summed E-state index contributed by atoms with van der Waals surface area (Å²) in [7, 11) is 0. The highest BCUT2D eigenvalue weighted by Crippen LogP contribution is 2.30. The van der Waals surface area contributed by atoms with E-state index >= 15 is 0 Å². The fraction of sp³-hybridized carbons (Fsp3) is 0.412. The third kappa shape index (κ3) is 4.14. The van der Waals surface area contributed by atoms with Crippen LogP contribution in [0.5, 0.6) is 0 Å². The Bertz CT molecular complexity index is 607. The number of carbonyl (C=O) groups is 1. The molecule has 0 fully saturated rings. The molecule has 0 saturated heterocycles. The lowest BCUT2D eigenvalue weighted by Gasteiger charge is -2.19. The fourth-order valence-electron chi connectivity index (χ4n) is 1.90. The van der Waals surface area contributed by atoms with Crippen LogP contribution in [0.2, 0.25) is 0 Å². The van der Waals surface area contributed by atoms with E-state index in [-0.39, 0.29) is 5.41 Å². The number of carboxylic acids is 1. The Kier molecular flexibility index (Phi) is 5.67. The van der Waals surface area contributed by atoms with E-state index in [2.05, 4.69) is 25.8 Å². The van der Waals surface area contributed by atoms with Crippen molar-refractivity contribution in [2.24, 2.45) is 0 Å². The first-order chi connectivity index (χ1) is 9.79. The minimum Gasteiger partial charge on any atom is -0.477 e. The van der Waals surface area contributed by atoms with Gasteiger partial charge in [0.25, 0.3) is 0 Å². The predicted octanol–water partition coefficient (Wildman–Crippen LogP) is 5.14. The minimum atomic E-state index is -0.916. The van der Waals surface area contributed by atoms with Crippen molar-refractivity contribution in [3.8, 4) is 11.3 Å². The number of aromatic carboxylic acids is 1. The molecule has 4 heteroatoms. The van der Waals surface area contributed by atoms with E-state index in [1.807, 2.05) is 45.0 Å². The van der Waals surface area contributed by atoms with Gasteiger partial charge in [-0.15, -0.1) is 11.3 Å². The number of hydrogen-bond donors (Lipinski definition) is 1. The molecule has 2 rings (SSSR count). The summed E-state index contributed by atoms with van der Waals surface area (Å²) in [5, 5.41) is 9.97. The van der Waals surface area contributed by atoms with Crippen LogP contribution in [-0.2, 0) is 5.41 Å². The first-order valence-electron chi connectivity index (χ1n) is 7.10. The molecular formula is C17H23NO2S. The molecule has 3 nitrogen and oxygen atoms in total. The Hall–Kier alpha value is -1.68. The number of aryl methyl sites for hydroxylation is 1. The van der Waals surface area contributed by atoms with Crippen LogP contribution in [0, 0.1) is 6.92 Å². The van der Waals surface area contributed by atoms with Gasteiger partial charge >= 0.3 is 5.97 Å². The quantitative estimate of drug-likeness (QED) is 0.835. The van der Waals surface area contributed by atoms with Crippen LogP contribution in [0.15, 0.2) is 24.3 Å². The summed E-state index contributed by atoms with van der Waals surface area (Å²) in [6.07, 6.45) is 0. The molecule has 0 bridgehead atoms. The number of nitrogens with zero attached hydrogens (tertiary/aromatic N) is 1. The van der Waals surface area contributed by atoms with Gasteiger partial charge in [-0.3, -0.25) is 0 Å². The van der Waals surface area contributed by atoms with Gasteiger partial charge in [0.1, 0.15) is 4.88 Å². The lowest BCUT2D eigenvalue weighted by Crippen LogP contribution is -2.10. The Labute approximate surface area is 130 Å². The Morgan fingerprint density at radius 1 is 1.14 bits per heavy atom. The second kappa shape index (κ2) is 6.85. The van der Waals surface area contributed by atoms with Crippen LogP contribution in [0.4, 0.5) is 0 Å². The molecule has 0 aliphatic carbocycles. The standard InChI is InChI=1S/C15H17NO2S.C2H6/c1-9-16-12(13(19-9)14(17)18)10-5-7-11(8-6-10)15(2,3)4;1-2/h5-8H,1-4H3,(H,17,18);1-2H3. The third-order valence-electron chi connectivity index (χ3n) is 2.95. The van der Waals surface area contributed by atoms with Crippen molar-refractivity contribution in [3.05, 3.63) is 39.7 Å². The van der Waals surface area contributed by atoms with Crippen LogP contribution < -0.4 is 0 Å². The number of rotatable bonds is 2. The molecule has 0 aliphatic rings. The highest BCUT2D eigenvalue weighted by atomic mass is 32.1. The van der Waals surface area contributed by atoms with Crippen molar-refractivity contribution in [1.82, 2.24) is 4.98 Å². The molecule has 0 atom stereocenters. The predicted molar refractivity (Wildman–Crippen MR) is 89.3 cm³/mol. The largest absolute Gasteiger partial charge is 0.477 e. The first-order valence-corrected chi connectivity index (χ1v) is 7.92. The average Bonchev–Trinajstić information content (AvgIpc) is 2.82. The van der Waals surface area contributed by atoms with Crippen LogP contribution in [0.3, 0.4) is 0 Å². The highest BCUT2D eigenvalue weighted by molar-refractivity contribution is 7.14. The van der Waals surface area contributed by atoms with Crippen LogP contribution in [-0.4, -0.2) is 16.1 Å². The molecule has 1 heterocycles. The topological polar surface area (TPSA) is 50.2 Å². The maximum atomic E-state index is 11.2. The van der Waals surface area contributed by atoms with Gasteiger partial charge in [0, 0.05) is 5.56 Å². The Balaban J connectivity index is 0.00000106. The minimum absolute atomic E-state index is 0.0894. The van der Waals surface area contributed by atoms with Crippen molar-refractivity contribution in [1.29, 1.82) is 0 Å². The molecule has 0 aliphatic heterocycles. The van der Waals surface area contributed by atoms with Gasteiger partial charge < -0.3 is 5.11 Å². The molecule has 0 amide bonds. The molecule has 0 saturated carbocycles. The van der Waals surface area contributed by atoms with Crippen molar-refractivity contribution in [2.45, 2.75) is 47.0 Å². The zero-order valence-electron chi connectivity index (χ0n) is 13.5. The van der Waals surface area contributed by atoms with Gasteiger partial charge in [-0.2, -0.15) is 0 Å². The van der Waals surface area contributed by atoms with Gasteiger partial charge in [0.2, 0.25) is 0 Å². The van der Waals surface area contributed by atoms with Crippen molar-refractivity contribution < 1.29 is 9.90 Å². The fourth-order valence-corrected chi connectivity index (χ4v) is 2.68. The molecule has 21 heavy (non-hydrogen) atoms. The van der Waals surface area contributed by atoms with E-state index < -0.39 is 5.97 Å². The summed E-state index contributed by atoms with van der Waals surface area (Å²) < 4.78 is 0. The molecule has 0 unspecified atom stereocenters. The van der Waals surface area contributed by atoms with E-state index in [0.29, 0.717) is 10.6 Å². The normalized spacial score (nSPS) is 10.8. The summed E-state index contributed by atoms with van der Waals surface area (Å²) in [5.74, 6) is -0.916. The van der Waals surface area contributed by atoms with E-state index in [9.17, 15) is 9.90 Å². The number of benzene rings is 1. The molecule has 0 radical (unpaired) electrons. The highest BCUT2D eigenvalue weighted by Gasteiger charge is 2.18. The lowest BCUT2D eigenvalue weighted by atomic mass is 9.86. The number of thiazole rings is 1. The smallest absolute Gasteiger partial charge is 0.348 e. The summed E-state index contributed by atoms with van der Waals surface area (Å²) in [5.41, 5.74) is 2.73. The van der Waals surface area contributed by atoms with Crippen LogP contribution >= 0.6 is 11.3 Å². The summed E-state index contributed by atoms with van der Waals surface area (Å²) in [4.78, 5) is 15.8. The van der Waals surface area contributed by atoms with Crippen LogP contribution in [0.25, 0.3) is 11.3 Å². The van der Waals surface area contributed by atoms with Gasteiger partial charge in [-0.25, -0.2) is 9.78 Å². The summed E-state index contributed by atoms with van der Waals surface area (Å²) in [6, 6.07) is 7.97. The third-order valence-corrected chi connectivity index (χ3v) is 3.91. The van der Waals surface area contributed by atoms with Crippen molar-refractivity contribution in [2.75, 3.05) is 0 Å². The monoisotopic (exact) mass is 305 g/mol. The summed E-state index contributed by atoms with van der Waals surface area (Å²) >= 11 is 1.22. The molecule has 0 spiro atoms. The Morgan fingerprint density at radius 3 is 2.10 bits per heavy atom. The van der Waals surface area contributed by atoms with E-state index in [0.717, 1.165) is 10.6 Å². The van der Waals surface area contributed by atoms with Gasteiger partial charge in [0.15, 0.2) is 0 Å². The lowest BCUT2D eigenvalue weighted by molar-refractivity contribution is 0.0702. The zero-order valence-corrected chi connectivity index (χ0v) is 14.3. The van der Waals surface area contributed by atoms with Gasteiger partial charge in [-0.05, 0) is 17.9 Å². The number of aromatic nitrogens is 1. The summed E-state index contributed by atoms with van der Waals surface area (Å²) in [6.45, 7) is 12.3. The van der Waals surface area contributed by atoms with E-state index in [4.69, 9.17) is 0 Å². The number of carboxylic acid groups (broad SMARTS) is 1. The second-order valence-corrected chi connectivity index (χ2v) is 6.75. The van der Waals surface area contributed by atoms with Gasteiger partial charge in [-0.1, -0.05) is 58.9 Å². The molecule has 1 aromatic heterocycles. The molecule has 114 valence electrons.